The van der Waals surface area contributed by atoms with Crippen LogP contribution in [-0.2, 0) is 9.57 Å². The Balaban J connectivity index is 2.03. The van der Waals surface area contributed by atoms with Crippen molar-refractivity contribution in [3.05, 3.63) is 10.8 Å². The summed E-state index contributed by atoms with van der Waals surface area (Å²) in [6.45, 7) is 6.22. The molecule has 78 valence electrons. The zero-order valence-electron chi connectivity index (χ0n) is 8.02. The Bertz CT molecular complexity index is 139. The maximum atomic E-state index is 11.2. The Hall–Kier alpha value is -0.240. The normalized spacial score (nSPS) is 23.5. The monoisotopic (exact) mass is 190 g/mol. The topological polar surface area (TPSA) is 66.6 Å². The summed E-state index contributed by atoms with van der Waals surface area (Å²) in [6, 6.07) is 0. The number of ether oxygens (including phenoxy) is 1. The summed E-state index contributed by atoms with van der Waals surface area (Å²) in [7, 11) is 0. The summed E-state index contributed by atoms with van der Waals surface area (Å²) in [5.41, 5.74) is 3.45. The van der Waals surface area contributed by atoms with Gasteiger partial charge in [0, 0.05) is 13.1 Å². The van der Waals surface area contributed by atoms with Gasteiger partial charge in [-0.15, -0.1) is 0 Å². The summed E-state index contributed by atoms with van der Waals surface area (Å²) in [5, 5.41) is 12.5. The van der Waals surface area contributed by atoms with E-state index in [1.54, 1.807) is 5.01 Å². The molecule has 2 atom stereocenters. The fraction of sp³-hybridized carbons (Fsp3) is 1.00. The number of rotatable bonds is 7. The van der Waals surface area contributed by atoms with Crippen LogP contribution in [0.2, 0.25) is 0 Å². The number of nitrogens with zero attached hydrogens (tertiary/aromatic N) is 2. The van der Waals surface area contributed by atoms with Gasteiger partial charge < -0.3 is 25.7 Å². The number of epoxide rings is 1. The lowest BCUT2D eigenvalue weighted by Crippen LogP contribution is -3.10. The van der Waals surface area contributed by atoms with Gasteiger partial charge in [0.1, 0.15) is 6.10 Å². The Morgan fingerprint density at radius 1 is 1.62 bits per heavy atom. The van der Waals surface area contributed by atoms with Crippen LogP contribution in [-0.4, -0.2) is 37.4 Å². The molecule has 1 aliphatic heterocycles. The molecule has 0 amide bonds. The van der Waals surface area contributed by atoms with E-state index in [-0.39, 0.29) is 11.4 Å². The lowest BCUT2D eigenvalue weighted by atomic mass is 10.5. The second-order valence-electron chi connectivity index (χ2n) is 2.80. The third kappa shape index (κ3) is 3.99. The average molecular weight is 190 g/mol. The van der Waals surface area contributed by atoms with E-state index in [0.717, 1.165) is 6.61 Å². The van der Waals surface area contributed by atoms with E-state index in [1.807, 2.05) is 13.8 Å². The van der Waals surface area contributed by atoms with Crippen molar-refractivity contribution < 1.29 is 14.9 Å². The van der Waals surface area contributed by atoms with Crippen molar-refractivity contribution >= 4 is 0 Å². The van der Waals surface area contributed by atoms with Gasteiger partial charge in [0.25, 0.3) is 0 Å². The highest BCUT2D eigenvalue weighted by Gasteiger charge is 2.21. The highest BCUT2D eigenvalue weighted by atomic mass is 16.8. The Kier molecular flexibility index (Phi) is 4.57. The first-order valence-corrected chi connectivity index (χ1v) is 4.51. The number of nitrogens with one attached hydrogen (secondary N) is 1. The molecule has 0 radical (unpaired) electrons. The average Bonchev–Trinajstić information content (AvgIpc) is 2.90. The first-order chi connectivity index (χ1) is 6.27. The van der Waals surface area contributed by atoms with Crippen LogP contribution in [0, 0.1) is 5.21 Å². The molecule has 6 nitrogen and oxygen atoms in total. The van der Waals surface area contributed by atoms with Crippen molar-refractivity contribution in [1.29, 1.82) is 0 Å². The van der Waals surface area contributed by atoms with Gasteiger partial charge in [-0.1, -0.05) is 0 Å². The summed E-state index contributed by atoms with van der Waals surface area (Å²) in [4.78, 5) is 4.81. The summed E-state index contributed by atoms with van der Waals surface area (Å²) in [5.74, 6) is 0. The van der Waals surface area contributed by atoms with Crippen molar-refractivity contribution in [3.63, 3.8) is 0 Å². The van der Waals surface area contributed by atoms with Crippen LogP contribution in [0.4, 0.5) is 0 Å². The molecule has 1 rings (SSSR count). The third-order valence-electron chi connectivity index (χ3n) is 1.84. The van der Waals surface area contributed by atoms with Crippen LogP contribution in [0.15, 0.2) is 0 Å². The molecule has 1 heterocycles. The number of hydrogen-bond donors (Lipinski definition) is 1. The molecular weight excluding hydrogens is 174 g/mol. The van der Waals surface area contributed by atoms with Crippen molar-refractivity contribution in [2.45, 2.75) is 20.0 Å². The van der Waals surface area contributed by atoms with Crippen LogP contribution in [0.5, 0.6) is 0 Å². The second-order valence-corrected chi connectivity index (χ2v) is 2.80. The SMILES string of the molecule is CCN(CC)[NH+]([O-])[N-]OCC1CO1. The zero-order valence-corrected chi connectivity index (χ0v) is 8.02. The van der Waals surface area contributed by atoms with Gasteiger partial charge in [0.05, 0.1) is 13.2 Å². The fourth-order valence-electron chi connectivity index (χ4n) is 0.892. The zero-order chi connectivity index (χ0) is 9.68. The van der Waals surface area contributed by atoms with Crippen LogP contribution in [0.25, 0.3) is 5.59 Å². The molecule has 1 aliphatic rings. The molecule has 2 unspecified atom stereocenters. The largest absolute Gasteiger partial charge is 0.621 e. The molecule has 0 aliphatic carbocycles. The minimum Gasteiger partial charge on any atom is -0.621 e. The third-order valence-corrected chi connectivity index (χ3v) is 1.84. The minimum absolute atomic E-state index is 0.147. The van der Waals surface area contributed by atoms with E-state index in [1.165, 1.54) is 0 Å². The molecule has 0 aromatic heterocycles. The predicted octanol–water partition coefficient (Wildman–Crippen LogP) is -0.755. The number of hydrogen-bond acceptors (Lipinski definition) is 4. The molecule has 0 spiro atoms. The molecule has 0 saturated carbocycles. The first-order valence-electron chi connectivity index (χ1n) is 4.51. The van der Waals surface area contributed by atoms with Crippen LogP contribution >= 0.6 is 0 Å². The molecule has 6 heteroatoms. The van der Waals surface area contributed by atoms with E-state index in [4.69, 9.17) is 9.57 Å². The van der Waals surface area contributed by atoms with Crippen molar-refractivity contribution in [1.82, 2.24) is 5.01 Å². The Labute approximate surface area is 77.9 Å². The minimum atomic E-state index is -0.314. The predicted molar refractivity (Wildman–Crippen MR) is 46.3 cm³/mol. The molecule has 1 N–H and O–H groups in total. The van der Waals surface area contributed by atoms with Crippen molar-refractivity contribution in [3.8, 4) is 0 Å². The van der Waals surface area contributed by atoms with E-state index >= 15 is 0 Å². The van der Waals surface area contributed by atoms with E-state index in [2.05, 4.69) is 5.59 Å². The Morgan fingerprint density at radius 2 is 2.23 bits per heavy atom. The van der Waals surface area contributed by atoms with Gasteiger partial charge >= 0.3 is 0 Å². The van der Waals surface area contributed by atoms with Crippen LogP contribution in [0.3, 0.4) is 0 Å². The maximum absolute atomic E-state index is 11.2. The molecule has 1 fully saturated rings. The molecule has 13 heavy (non-hydrogen) atoms. The maximum Gasteiger partial charge on any atom is 0.103 e. The van der Waals surface area contributed by atoms with Crippen molar-refractivity contribution in [2.24, 2.45) is 0 Å². The van der Waals surface area contributed by atoms with E-state index in [9.17, 15) is 5.21 Å². The summed E-state index contributed by atoms with van der Waals surface area (Å²) in [6.07, 6.45) is 0.147. The van der Waals surface area contributed by atoms with Gasteiger partial charge in [-0.2, -0.15) is 5.01 Å². The molecule has 1 saturated heterocycles. The molecule has 0 bridgehead atoms. The van der Waals surface area contributed by atoms with Crippen LogP contribution in [0.1, 0.15) is 13.8 Å². The lowest BCUT2D eigenvalue weighted by molar-refractivity contribution is -0.952. The van der Waals surface area contributed by atoms with Gasteiger partial charge in [0.2, 0.25) is 0 Å². The standard InChI is InChI=1S/C7H16N3O3/c1-3-9(4-2)10(11)8-13-6-7-5-12-7/h7,10H,3-6H2,1-2H3/q-1. The van der Waals surface area contributed by atoms with Gasteiger partial charge in [-0.05, 0) is 13.8 Å². The smallest absolute Gasteiger partial charge is 0.103 e. The van der Waals surface area contributed by atoms with Gasteiger partial charge in [0.15, 0.2) is 0 Å². The first kappa shape index (κ1) is 10.8. The molecule has 0 aromatic rings. The lowest BCUT2D eigenvalue weighted by Gasteiger charge is -2.40. The Morgan fingerprint density at radius 3 is 2.69 bits per heavy atom. The molecule has 0 aromatic carbocycles. The number of quaternary nitrogens is 1. The van der Waals surface area contributed by atoms with Gasteiger partial charge in [-0.3, -0.25) is 0 Å². The fourth-order valence-corrected chi connectivity index (χ4v) is 0.892. The summed E-state index contributed by atoms with van der Waals surface area (Å²) < 4.78 is 4.89. The molecular formula is C7H16N3O3-. The summed E-state index contributed by atoms with van der Waals surface area (Å²) >= 11 is 0. The van der Waals surface area contributed by atoms with E-state index in [0.29, 0.717) is 19.7 Å². The van der Waals surface area contributed by atoms with Gasteiger partial charge in [-0.25, -0.2) is 0 Å². The van der Waals surface area contributed by atoms with Crippen molar-refractivity contribution in [2.75, 3.05) is 26.3 Å². The quantitative estimate of drug-likeness (QED) is 0.423. The van der Waals surface area contributed by atoms with Crippen LogP contribution < -0.4 is 5.28 Å². The van der Waals surface area contributed by atoms with E-state index < -0.39 is 0 Å². The second kappa shape index (κ2) is 5.48. The highest BCUT2D eigenvalue weighted by molar-refractivity contribution is 4.67. The highest BCUT2D eigenvalue weighted by Crippen LogP contribution is 2.08.